The summed E-state index contributed by atoms with van der Waals surface area (Å²) in [6.45, 7) is 0. The smallest absolute Gasteiger partial charge is 0.115 e. The lowest BCUT2D eigenvalue weighted by atomic mass is 10.00. The lowest BCUT2D eigenvalue weighted by molar-refractivity contribution is 0.209. The molecule has 1 atom stereocenters. The number of benzene rings is 1. The summed E-state index contributed by atoms with van der Waals surface area (Å²) in [6, 6.07) is 9.85. The molecule has 90 valence electrons. The Kier molecular flexibility index (Phi) is 4.64. The highest BCUT2D eigenvalue weighted by atomic mass is 16.3. The third-order valence-electron chi connectivity index (χ3n) is 3.48. The van der Waals surface area contributed by atoms with E-state index in [1.807, 2.05) is 30.3 Å². The van der Waals surface area contributed by atoms with Crippen LogP contribution in [0.1, 0.15) is 44.1 Å². The van der Waals surface area contributed by atoms with E-state index in [9.17, 15) is 5.11 Å². The monoisotopic (exact) mass is 228 g/mol. The average Bonchev–Trinajstić information content (AvgIpc) is 2.88. The molecule has 1 unspecified atom stereocenters. The van der Waals surface area contributed by atoms with Crippen molar-refractivity contribution < 1.29 is 5.11 Å². The summed E-state index contributed by atoms with van der Waals surface area (Å²) in [5.41, 5.74) is 0.979. The number of rotatable bonds is 3. The highest BCUT2D eigenvalue weighted by molar-refractivity contribution is 5.34. The van der Waals surface area contributed by atoms with Crippen molar-refractivity contribution in [1.82, 2.24) is 0 Å². The van der Waals surface area contributed by atoms with Crippen LogP contribution in [-0.4, -0.2) is 11.2 Å². The topological polar surface area (TPSA) is 20.2 Å². The summed E-state index contributed by atoms with van der Waals surface area (Å²) in [6.07, 6.45) is 6.93. The van der Waals surface area contributed by atoms with Gasteiger partial charge in [-0.1, -0.05) is 55.7 Å². The van der Waals surface area contributed by atoms with E-state index in [1.165, 1.54) is 25.7 Å². The van der Waals surface area contributed by atoms with Crippen molar-refractivity contribution in [3.63, 3.8) is 0 Å². The van der Waals surface area contributed by atoms with E-state index in [-0.39, 0.29) is 0 Å². The zero-order valence-electron chi connectivity index (χ0n) is 10.2. The molecule has 1 aliphatic carbocycles. The first kappa shape index (κ1) is 12.2. The normalized spacial score (nSPS) is 17.5. The Bertz CT molecular complexity index is 379. The van der Waals surface area contributed by atoms with Gasteiger partial charge in [-0.2, -0.15) is 0 Å². The van der Waals surface area contributed by atoms with Crippen LogP contribution in [0.2, 0.25) is 0 Å². The van der Waals surface area contributed by atoms with Crippen LogP contribution in [0.4, 0.5) is 0 Å². The second-order valence-electron chi connectivity index (χ2n) is 4.88. The molecule has 1 nitrogen and oxygen atoms in total. The van der Waals surface area contributed by atoms with Crippen LogP contribution in [0.5, 0.6) is 0 Å². The van der Waals surface area contributed by atoms with Crippen molar-refractivity contribution in [2.45, 2.75) is 44.6 Å². The van der Waals surface area contributed by atoms with E-state index in [2.05, 4.69) is 11.8 Å². The summed E-state index contributed by atoms with van der Waals surface area (Å²) in [4.78, 5) is 0. The van der Waals surface area contributed by atoms with E-state index < -0.39 is 6.10 Å². The Labute approximate surface area is 104 Å². The maximum Gasteiger partial charge on any atom is 0.115 e. The highest BCUT2D eigenvalue weighted by Crippen LogP contribution is 2.28. The predicted molar refractivity (Wildman–Crippen MR) is 70.5 cm³/mol. The van der Waals surface area contributed by atoms with Crippen LogP contribution >= 0.6 is 0 Å². The first-order valence-electron chi connectivity index (χ1n) is 6.59. The minimum Gasteiger partial charge on any atom is -0.380 e. The molecule has 0 spiro atoms. The largest absolute Gasteiger partial charge is 0.380 e. The molecule has 1 heteroatoms. The Morgan fingerprint density at radius 2 is 1.88 bits per heavy atom. The zero-order chi connectivity index (χ0) is 11.9. The maximum atomic E-state index is 9.80. The third kappa shape index (κ3) is 4.24. The van der Waals surface area contributed by atoms with E-state index in [1.54, 1.807) is 0 Å². The van der Waals surface area contributed by atoms with Gasteiger partial charge >= 0.3 is 0 Å². The molecule has 1 aromatic carbocycles. The van der Waals surface area contributed by atoms with Gasteiger partial charge in [0, 0.05) is 5.56 Å². The van der Waals surface area contributed by atoms with Gasteiger partial charge in [0.25, 0.3) is 0 Å². The predicted octanol–water partition coefficient (Wildman–Crippen LogP) is 3.37. The van der Waals surface area contributed by atoms with Gasteiger partial charge in [0.05, 0.1) is 0 Å². The molecule has 0 aromatic heterocycles. The van der Waals surface area contributed by atoms with Crippen molar-refractivity contribution in [1.29, 1.82) is 0 Å². The fourth-order valence-electron chi connectivity index (χ4n) is 2.45. The standard InChI is InChI=1S/C16H20O/c17-16(13-11-15-8-4-5-9-15)12-10-14-6-2-1-3-7-14/h1-3,6-7,15-17H,4-5,8-9,11,13H2. The second kappa shape index (κ2) is 6.47. The van der Waals surface area contributed by atoms with Gasteiger partial charge in [-0.25, -0.2) is 0 Å². The van der Waals surface area contributed by atoms with Crippen molar-refractivity contribution in [2.24, 2.45) is 5.92 Å². The quantitative estimate of drug-likeness (QED) is 0.786. The number of hydrogen-bond donors (Lipinski definition) is 1. The van der Waals surface area contributed by atoms with Crippen molar-refractivity contribution >= 4 is 0 Å². The number of aliphatic hydroxyl groups is 1. The Hall–Kier alpha value is -1.26. The summed E-state index contributed by atoms with van der Waals surface area (Å²) in [5.74, 6) is 6.78. The van der Waals surface area contributed by atoms with Gasteiger partial charge in [-0.15, -0.1) is 0 Å². The van der Waals surface area contributed by atoms with Gasteiger partial charge in [0.1, 0.15) is 6.10 Å². The SMILES string of the molecule is OC(C#Cc1ccccc1)CCC1CCCC1. The van der Waals surface area contributed by atoms with E-state index in [4.69, 9.17) is 0 Å². The molecule has 0 radical (unpaired) electrons. The van der Waals surface area contributed by atoms with Crippen LogP contribution in [-0.2, 0) is 0 Å². The van der Waals surface area contributed by atoms with Crippen LogP contribution in [0, 0.1) is 17.8 Å². The molecule has 17 heavy (non-hydrogen) atoms. The zero-order valence-corrected chi connectivity index (χ0v) is 10.2. The maximum absolute atomic E-state index is 9.80. The van der Waals surface area contributed by atoms with E-state index in [0.717, 1.165) is 24.3 Å². The number of hydrogen-bond acceptors (Lipinski definition) is 1. The fraction of sp³-hybridized carbons (Fsp3) is 0.500. The van der Waals surface area contributed by atoms with Gasteiger partial charge in [-0.3, -0.25) is 0 Å². The Balaban J connectivity index is 1.77. The van der Waals surface area contributed by atoms with Gasteiger partial charge in [0.15, 0.2) is 0 Å². The van der Waals surface area contributed by atoms with Crippen molar-refractivity contribution in [3.05, 3.63) is 35.9 Å². The summed E-state index contributed by atoms with van der Waals surface area (Å²) in [7, 11) is 0. The van der Waals surface area contributed by atoms with Crippen molar-refractivity contribution in [3.8, 4) is 11.8 Å². The molecular weight excluding hydrogens is 208 g/mol. The molecule has 1 aromatic rings. The van der Waals surface area contributed by atoms with Gasteiger partial charge in [0.2, 0.25) is 0 Å². The molecule has 0 aliphatic heterocycles. The molecule has 1 N–H and O–H groups in total. The summed E-state index contributed by atoms with van der Waals surface area (Å²) in [5, 5.41) is 9.80. The van der Waals surface area contributed by atoms with Gasteiger partial charge in [-0.05, 0) is 30.9 Å². The van der Waals surface area contributed by atoms with Crippen LogP contribution in [0.3, 0.4) is 0 Å². The summed E-state index contributed by atoms with van der Waals surface area (Å²) >= 11 is 0. The Morgan fingerprint density at radius 3 is 2.59 bits per heavy atom. The molecule has 0 bridgehead atoms. The first-order valence-corrected chi connectivity index (χ1v) is 6.59. The molecule has 1 fully saturated rings. The van der Waals surface area contributed by atoms with Crippen LogP contribution < -0.4 is 0 Å². The Morgan fingerprint density at radius 1 is 1.18 bits per heavy atom. The van der Waals surface area contributed by atoms with Crippen molar-refractivity contribution in [2.75, 3.05) is 0 Å². The lowest BCUT2D eigenvalue weighted by Gasteiger charge is -2.09. The van der Waals surface area contributed by atoms with E-state index >= 15 is 0 Å². The van der Waals surface area contributed by atoms with Crippen LogP contribution in [0.15, 0.2) is 30.3 Å². The molecular formula is C16H20O. The highest BCUT2D eigenvalue weighted by Gasteiger charge is 2.15. The second-order valence-corrected chi connectivity index (χ2v) is 4.88. The van der Waals surface area contributed by atoms with Gasteiger partial charge < -0.3 is 5.11 Å². The van der Waals surface area contributed by atoms with Crippen LogP contribution in [0.25, 0.3) is 0 Å². The van der Waals surface area contributed by atoms with E-state index in [0.29, 0.717) is 0 Å². The third-order valence-corrected chi connectivity index (χ3v) is 3.48. The molecule has 0 heterocycles. The molecule has 2 rings (SSSR count). The summed E-state index contributed by atoms with van der Waals surface area (Å²) < 4.78 is 0. The average molecular weight is 228 g/mol. The molecule has 0 saturated heterocycles. The number of aliphatic hydroxyl groups excluding tert-OH is 1. The molecule has 0 amide bonds. The minimum atomic E-state index is -0.462. The molecule has 1 saturated carbocycles. The lowest BCUT2D eigenvalue weighted by Crippen LogP contribution is -2.05. The first-order chi connectivity index (χ1) is 8.34. The fourth-order valence-corrected chi connectivity index (χ4v) is 2.45. The minimum absolute atomic E-state index is 0.462. The molecule has 1 aliphatic rings.